The molecule has 1 unspecified atom stereocenters. The van der Waals surface area contributed by atoms with Crippen LogP contribution in [0.5, 0.6) is 0 Å². The minimum Gasteiger partial charge on any atom is -0.459 e. The summed E-state index contributed by atoms with van der Waals surface area (Å²) in [4.78, 5) is 25.8. The van der Waals surface area contributed by atoms with Gasteiger partial charge in [0.05, 0.1) is 6.26 Å². The zero-order valence-corrected chi connectivity index (χ0v) is 15.2. The van der Waals surface area contributed by atoms with Gasteiger partial charge >= 0.3 is 0 Å². The van der Waals surface area contributed by atoms with Crippen LogP contribution in [-0.2, 0) is 4.79 Å². The molecule has 0 radical (unpaired) electrons. The van der Waals surface area contributed by atoms with E-state index in [0.717, 1.165) is 10.6 Å². The number of carbonyl (C=O) groups is 2. The first kappa shape index (κ1) is 18.5. The lowest BCUT2D eigenvalue weighted by Gasteiger charge is -2.17. The topological polar surface area (TPSA) is 71.3 Å². The number of hydrogen-bond donors (Lipinski definition) is 2. The summed E-state index contributed by atoms with van der Waals surface area (Å²) in [6.45, 7) is 0. The van der Waals surface area contributed by atoms with E-state index in [0.29, 0.717) is 12.1 Å². The van der Waals surface area contributed by atoms with Gasteiger partial charge in [0.1, 0.15) is 6.04 Å². The maximum absolute atomic E-state index is 12.6. The van der Waals surface area contributed by atoms with Crippen molar-refractivity contribution in [2.24, 2.45) is 0 Å². The Hall–Kier alpha value is -1.86. The third kappa shape index (κ3) is 5.35. The molecule has 0 saturated carbocycles. The van der Waals surface area contributed by atoms with Crippen molar-refractivity contribution in [3.8, 4) is 0 Å². The Bertz CT molecular complexity index is 674. The van der Waals surface area contributed by atoms with Crippen LogP contribution in [0.25, 0.3) is 0 Å². The average molecular weight is 364 g/mol. The van der Waals surface area contributed by atoms with Crippen molar-refractivity contribution in [3.05, 3.63) is 48.4 Å². The first-order valence-electron chi connectivity index (χ1n) is 7.42. The van der Waals surface area contributed by atoms with Gasteiger partial charge in [-0.15, -0.1) is 11.8 Å². The summed E-state index contributed by atoms with van der Waals surface area (Å²) in [6.07, 6.45) is 5.92. The Morgan fingerprint density at radius 2 is 2.04 bits per heavy atom. The van der Waals surface area contributed by atoms with Gasteiger partial charge in [-0.3, -0.25) is 9.59 Å². The summed E-state index contributed by atoms with van der Waals surface area (Å²) in [5, 5.41) is 5.61. The van der Waals surface area contributed by atoms with E-state index in [1.54, 1.807) is 35.7 Å². The summed E-state index contributed by atoms with van der Waals surface area (Å²) in [5.74, 6) is 0.337. The third-order valence-corrected chi connectivity index (χ3v) is 4.68. The Kier molecular flexibility index (Phi) is 7.27. The SMILES string of the molecule is CSCCC(NC(=O)c1ccco1)C(=O)Nc1cccc(SC)c1. The minimum atomic E-state index is -0.618. The summed E-state index contributed by atoms with van der Waals surface area (Å²) >= 11 is 3.23. The lowest BCUT2D eigenvalue weighted by atomic mass is 10.2. The smallest absolute Gasteiger partial charge is 0.287 e. The lowest BCUT2D eigenvalue weighted by Crippen LogP contribution is -2.44. The first-order chi connectivity index (χ1) is 11.6. The molecule has 1 heterocycles. The molecule has 2 rings (SSSR count). The molecule has 0 spiro atoms. The van der Waals surface area contributed by atoms with Crippen molar-refractivity contribution in [1.82, 2.24) is 5.32 Å². The Balaban J connectivity index is 2.05. The predicted molar refractivity (Wildman–Crippen MR) is 99.8 cm³/mol. The second-order valence-corrected chi connectivity index (χ2v) is 6.87. The molecule has 1 atom stereocenters. The highest BCUT2D eigenvalue weighted by Gasteiger charge is 2.22. The van der Waals surface area contributed by atoms with Gasteiger partial charge in [0.2, 0.25) is 5.91 Å². The summed E-state index contributed by atoms with van der Waals surface area (Å²) in [5.41, 5.74) is 0.716. The van der Waals surface area contributed by atoms with Crippen LogP contribution < -0.4 is 10.6 Å². The van der Waals surface area contributed by atoms with Gasteiger partial charge in [-0.1, -0.05) is 6.07 Å². The van der Waals surface area contributed by atoms with Gasteiger partial charge in [0, 0.05) is 10.6 Å². The van der Waals surface area contributed by atoms with Crippen molar-refractivity contribution in [2.75, 3.05) is 23.6 Å². The molecular formula is C17H20N2O3S2. The van der Waals surface area contributed by atoms with E-state index >= 15 is 0 Å². The summed E-state index contributed by atoms with van der Waals surface area (Å²) < 4.78 is 5.08. The number of rotatable bonds is 8. The van der Waals surface area contributed by atoms with Crippen LogP contribution in [0, 0.1) is 0 Å². The number of nitrogens with one attached hydrogen (secondary N) is 2. The second kappa shape index (κ2) is 9.44. The minimum absolute atomic E-state index is 0.196. The Labute approximate surface area is 150 Å². The molecule has 0 aliphatic carbocycles. The fraction of sp³-hybridized carbons (Fsp3) is 0.294. The van der Waals surface area contributed by atoms with Crippen molar-refractivity contribution in [3.63, 3.8) is 0 Å². The number of furan rings is 1. The molecule has 0 fully saturated rings. The van der Waals surface area contributed by atoms with E-state index in [2.05, 4.69) is 10.6 Å². The van der Waals surface area contributed by atoms with Crippen LogP contribution in [0.2, 0.25) is 0 Å². The molecule has 0 bridgehead atoms. The van der Waals surface area contributed by atoms with Gasteiger partial charge in [-0.2, -0.15) is 11.8 Å². The quantitative estimate of drug-likeness (QED) is 0.702. The molecule has 1 aromatic carbocycles. The van der Waals surface area contributed by atoms with Crippen LogP contribution in [0.15, 0.2) is 52.0 Å². The standard InChI is InChI=1S/C17H20N2O3S2/c1-23-10-8-14(19-17(21)15-7-4-9-22-15)16(20)18-12-5-3-6-13(11-12)24-2/h3-7,9,11,14H,8,10H2,1-2H3,(H,18,20)(H,19,21). The number of amides is 2. The lowest BCUT2D eigenvalue weighted by molar-refractivity contribution is -0.118. The molecule has 2 N–H and O–H groups in total. The molecule has 0 aliphatic rings. The number of hydrogen-bond acceptors (Lipinski definition) is 5. The molecule has 128 valence electrons. The molecular weight excluding hydrogens is 344 g/mol. The van der Waals surface area contributed by atoms with E-state index in [1.165, 1.54) is 6.26 Å². The third-order valence-electron chi connectivity index (χ3n) is 3.31. The molecule has 1 aromatic heterocycles. The van der Waals surface area contributed by atoms with E-state index in [1.807, 2.05) is 36.8 Å². The highest BCUT2D eigenvalue weighted by atomic mass is 32.2. The molecule has 2 aromatic rings. The van der Waals surface area contributed by atoms with Gasteiger partial charge in [-0.25, -0.2) is 0 Å². The molecule has 5 nitrogen and oxygen atoms in total. The first-order valence-corrected chi connectivity index (χ1v) is 10.0. The van der Waals surface area contributed by atoms with Crippen LogP contribution in [0.4, 0.5) is 5.69 Å². The zero-order chi connectivity index (χ0) is 17.4. The van der Waals surface area contributed by atoms with E-state index < -0.39 is 6.04 Å². The maximum atomic E-state index is 12.6. The fourth-order valence-corrected chi connectivity index (χ4v) is 3.00. The van der Waals surface area contributed by atoms with Crippen LogP contribution in [-0.4, -0.2) is 36.1 Å². The molecule has 0 saturated heterocycles. The summed E-state index contributed by atoms with van der Waals surface area (Å²) in [7, 11) is 0. The number of anilines is 1. The maximum Gasteiger partial charge on any atom is 0.287 e. The predicted octanol–water partition coefficient (Wildman–Crippen LogP) is 3.49. The van der Waals surface area contributed by atoms with Crippen LogP contribution >= 0.6 is 23.5 Å². The number of benzene rings is 1. The molecule has 7 heteroatoms. The van der Waals surface area contributed by atoms with Crippen molar-refractivity contribution in [2.45, 2.75) is 17.4 Å². The van der Waals surface area contributed by atoms with Crippen molar-refractivity contribution in [1.29, 1.82) is 0 Å². The van der Waals surface area contributed by atoms with Gasteiger partial charge in [0.25, 0.3) is 5.91 Å². The molecule has 24 heavy (non-hydrogen) atoms. The van der Waals surface area contributed by atoms with E-state index in [9.17, 15) is 9.59 Å². The monoisotopic (exact) mass is 364 g/mol. The van der Waals surface area contributed by atoms with Crippen molar-refractivity contribution < 1.29 is 14.0 Å². The van der Waals surface area contributed by atoms with Crippen LogP contribution in [0.1, 0.15) is 17.0 Å². The Morgan fingerprint density at radius 1 is 1.21 bits per heavy atom. The van der Waals surface area contributed by atoms with Gasteiger partial charge in [0.15, 0.2) is 5.76 Å². The average Bonchev–Trinajstić information content (AvgIpc) is 3.13. The fourth-order valence-electron chi connectivity index (χ4n) is 2.07. The van der Waals surface area contributed by atoms with Crippen LogP contribution in [0.3, 0.4) is 0 Å². The molecule has 2 amide bonds. The summed E-state index contributed by atoms with van der Waals surface area (Å²) in [6, 6.07) is 10.2. The van der Waals surface area contributed by atoms with Gasteiger partial charge in [-0.05, 0) is 55.0 Å². The van der Waals surface area contributed by atoms with Gasteiger partial charge < -0.3 is 15.1 Å². The number of thioether (sulfide) groups is 2. The zero-order valence-electron chi connectivity index (χ0n) is 13.6. The molecule has 0 aliphatic heterocycles. The normalized spacial score (nSPS) is 11.8. The van der Waals surface area contributed by atoms with Crippen molar-refractivity contribution >= 4 is 41.0 Å². The van der Waals surface area contributed by atoms with E-state index in [-0.39, 0.29) is 17.6 Å². The second-order valence-electron chi connectivity index (χ2n) is 5.01. The largest absolute Gasteiger partial charge is 0.459 e. The van der Waals surface area contributed by atoms with E-state index in [4.69, 9.17) is 4.42 Å². The Morgan fingerprint density at radius 3 is 2.71 bits per heavy atom. The number of carbonyl (C=O) groups excluding carboxylic acids is 2. The highest BCUT2D eigenvalue weighted by Crippen LogP contribution is 2.19. The highest BCUT2D eigenvalue weighted by molar-refractivity contribution is 7.98.